The van der Waals surface area contributed by atoms with Gasteiger partial charge in [-0.15, -0.1) is 10.2 Å². The number of nitrogens with zero attached hydrogens (tertiary/aromatic N) is 3. The minimum atomic E-state index is -3.00. The Morgan fingerprint density at radius 3 is 2.73 bits per heavy atom. The molecule has 0 aliphatic carbocycles. The number of sulfone groups is 1. The van der Waals surface area contributed by atoms with Gasteiger partial charge in [-0.25, -0.2) is 8.42 Å². The van der Waals surface area contributed by atoms with E-state index in [2.05, 4.69) is 10.2 Å². The van der Waals surface area contributed by atoms with Crippen molar-refractivity contribution in [2.45, 2.75) is 50.0 Å². The SMILES string of the molecule is CC[C@H](C)N(C(=O)CSc1nnc(C)s1)[C@H]1CCS(=O)(=O)C1. The maximum Gasteiger partial charge on any atom is 0.233 e. The first-order valence-corrected chi connectivity index (χ1v) is 10.9. The molecular formula is C13H21N3O3S3. The number of hydrogen-bond acceptors (Lipinski definition) is 7. The summed E-state index contributed by atoms with van der Waals surface area (Å²) in [5, 5.41) is 8.80. The molecule has 22 heavy (non-hydrogen) atoms. The van der Waals surface area contributed by atoms with Crippen LogP contribution in [0.25, 0.3) is 0 Å². The molecule has 1 amide bonds. The zero-order valence-corrected chi connectivity index (χ0v) is 15.4. The van der Waals surface area contributed by atoms with Crippen molar-refractivity contribution in [3.63, 3.8) is 0 Å². The van der Waals surface area contributed by atoms with Crippen molar-refractivity contribution in [2.24, 2.45) is 0 Å². The van der Waals surface area contributed by atoms with Crippen LogP contribution in [0.5, 0.6) is 0 Å². The van der Waals surface area contributed by atoms with Gasteiger partial charge in [-0.3, -0.25) is 4.79 Å². The molecule has 1 saturated heterocycles. The lowest BCUT2D eigenvalue weighted by Crippen LogP contribution is -2.47. The highest BCUT2D eigenvalue weighted by molar-refractivity contribution is 8.01. The van der Waals surface area contributed by atoms with Gasteiger partial charge in [-0.2, -0.15) is 0 Å². The molecule has 0 N–H and O–H groups in total. The van der Waals surface area contributed by atoms with Crippen LogP contribution in [0, 0.1) is 6.92 Å². The molecule has 1 aromatic heterocycles. The molecule has 0 unspecified atom stereocenters. The number of carbonyl (C=O) groups is 1. The summed E-state index contributed by atoms with van der Waals surface area (Å²) in [6.07, 6.45) is 1.35. The van der Waals surface area contributed by atoms with Crippen LogP contribution in [0.3, 0.4) is 0 Å². The highest BCUT2D eigenvalue weighted by Crippen LogP contribution is 2.25. The fourth-order valence-corrected chi connectivity index (χ4v) is 5.93. The molecule has 0 radical (unpaired) electrons. The van der Waals surface area contributed by atoms with Crippen LogP contribution in [0.1, 0.15) is 31.7 Å². The van der Waals surface area contributed by atoms with E-state index >= 15 is 0 Å². The summed E-state index contributed by atoms with van der Waals surface area (Å²) in [6, 6.07) is -0.147. The van der Waals surface area contributed by atoms with Gasteiger partial charge in [0.25, 0.3) is 0 Å². The first kappa shape index (κ1) is 17.7. The molecule has 2 atom stereocenters. The normalized spacial score (nSPS) is 21.7. The molecular weight excluding hydrogens is 342 g/mol. The van der Waals surface area contributed by atoms with Crippen LogP contribution in [0.2, 0.25) is 0 Å². The molecule has 2 rings (SSSR count). The molecule has 1 aliphatic rings. The predicted octanol–water partition coefficient (Wildman–Crippen LogP) is 1.75. The maximum atomic E-state index is 12.6. The zero-order valence-electron chi connectivity index (χ0n) is 13.0. The summed E-state index contributed by atoms with van der Waals surface area (Å²) in [5.74, 6) is 0.524. The van der Waals surface area contributed by atoms with Gasteiger partial charge in [-0.1, -0.05) is 30.0 Å². The van der Waals surface area contributed by atoms with Gasteiger partial charge in [0.1, 0.15) is 5.01 Å². The van der Waals surface area contributed by atoms with Gasteiger partial charge in [-0.05, 0) is 26.7 Å². The van der Waals surface area contributed by atoms with Crippen molar-refractivity contribution >= 4 is 38.8 Å². The van der Waals surface area contributed by atoms with Crippen LogP contribution in [0.15, 0.2) is 4.34 Å². The summed E-state index contributed by atoms with van der Waals surface area (Å²) in [5.41, 5.74) is 0. The van der Waals surface area contributed by atoms with Crippen molar-refractivity contribution in [3.05, 3.63) is 5.01 Å². The first-order valence-electron chi connectivity index (χ1n) is 7.27. The summed E-state index contributed by atoms with van der Waals surface area (Å²) in [7, 11) is -3.00. The molecule has 1 aliphatic heterocycles. The number of thioether (sulfide) groups is 1. The Morgan fingerprint density at radius 1 is 1.50 bits per heavy atom. The van der Waals surface area contributed by atoms with E-state index in [1.54, 1.807) is 4.90 Å². The Kier molecular flexibility index (Phi) is 5.84. The van der Waals surface area contributed by atoms with E-state index in [9.17, 15) is 13.2 Å². The number of hydrogen-bond donors (Lipinski definition) is 0. The molecule has 6 nitrogen and oxygen atoms in total. The van der Waals surface area contributed by atoms with Crippen LogP contribution >= 0.6 is 23.1 Å². The number of rotatable bonds is 6. The smallest absolute Gasteiger partial charge is 0.233 e. The minimum absolute atomic E-state index is 0.0192. The van der Waals surface area contributed by atoms with Crippen LogP contribution in [-0.4, -0.2) is 58.8 Å². The van der Waals surface area contributed by atoms with Crippen LogP contribution < -0.4 is 0 Å². The summed E-state index contributed by atoms with van der Waals surface area (Å²) in [6.45, 7) is 5.86. The Hall–Kier alpha value is -0.670. The molecule has 0 bridgehead atoms. The van der Waals surface area contributed by atoms with Gasteiger partial charge in [0.2, 0.25) is 5.91 Å². The third-order valence-corrected chi connectivity index (χ3v) is 7.49. The third-order valence-electron chi connectivity index (χ3n) is 3.78. The van der Waals surface area contributed by atoms with Crippen molar-refractivity contribution in [2.75, 3.05) is 17.3 Å². The van der Waals surface area contributed by atoms with Crippen molar-refractivity contribution in [3.8, 4) is 0 Å². The molecule has 1 fully saturated rings. The van der Waals surface area contributed by atoms with Gasteiger partial charge in [0.15, 0.2) is 14.2 Å². The Labute approximate surface area is 139 Å². The Balaban J connectivity index is 2.03. The maximum absolute atomic E-state index is 12.6. The predicted molar refractivity (Wildman–Crippen MR) is 89.0 cm³/mol. The second-order valence-corrected chi connectivity index (χ2v) is 10.1. The van der Waals surface area contributed by atoms with Gasteiger partial charge in [0, 0.05) is 12.1 Å². The monoisotopic (exact) mass is 363 g/mol. The van der Waals surface area contributed by atoms with E-state index in [4.69, 9.17) is 0 Å². The quantitative estimate of drug-likeness (QED) is 0.717. The molecule has 124 valence electrons. The average molecular weight is 364 g/mol. The van der Waals surface area contributed by atoms with Gasteiger partial charge in [0.05, 0.1) is 17.3 Å². The standard InChI is InChI=1S/C13H21N3O3S3/c1-4-9(2)16(11-5-6-22(18,19)8-11)12(17)7-20-13-15-14-10(3)21-13/h9,11H,4-8H2,1-3H3/t9-,11-/m0/s1. The van der Waals surface area contributed by atoms with E-state index in [0.29, 0.717) is 6.42 Å². The van der Waals surface area contributed by atoms with Crippen molar-refractivity contribution in [1.82, 2.24) is 15.1 Å². The summed E-state index contributed by atoms with van der Waals surface area (Å²) >= 11 is 2.83. The summed E-state index contributed by atoms with van der Waals surface area (Å²) < 4.78 is 24.2. The van der Waals surface area contributed by atoms with Crippen LogP contribution in [0.4, 0.5) is 0 Å². The summed E-state index contributed by atoms with van der Waals surface area (Å²) in [4.78, 5) is 14.4. The molecule has 9 heteroatoms. The molecule has 0 saturated carbocycles. The largest absolute Gasteiger partial charge is 0.335 e. The highest BCUT2D eigenvalue weighted by atomic mass is 32.2. The third kappa shape index (κ3) is 4.42. The highest BCUT2D eigenvalue weighted by Gasteiger charge is 2.36. The Morgan fingerprint density at radius 2 is 2.23 bits per heavy atom. The van der Waals surface area contributed by atoms with Crippen molar-refractivity contribution in [1.29, 1.82) is 0 Å². The fraction of sp³-hybridized carbons (Fsp3) is 0.769. The lowest BCUT2D eigenvalue weighted by atomic mass is 10.1. The van der Waals surface area contributed by atoms with Gasteiger partial charge >= 0.3 is 0 Å². The second kappa shape index (κ2) is 7.27. The first-order chi connectivity index (χ1) is 10.3. The van der Waals surface area contributed by atoms with E-state index < -0.39 is 9.84 Å². The molecule has 0 aromatic carbocycles. The van der Waals surface area contributed by atoms with Crippen LogP contribution in [-0.2, 0) is 14.6 Å². The number of amides is 1. The number of aryl methyl sites for hydroxylation is 1. The minimum Gasteiger partial charge on any atom is -0.335 e. The average Bonchev–Trinajstić information content (AvgIpc) is 3.02. The van der Waals surface area contributed by atoms with E-state index in [-0.39, 0.29) is 35.2 Å². The fourth-order valence-electron chi connectivity index (χ4n) is 2.54. The lowest BCUT2D eigenvalue weighted by Gasteiger charge is -2.33. The number of carbonyl (C=O) groups excluding carboxylic acids is 1. The lowest BCUT2D eigenvalue weighted by molar-refractivity contribution is -0.132. The molecule has 2 heterocycles. The molecule has 1 aromatic rings. The zero-order chi connectivity index (χ0) is 16.3. The Bertz CT molecular complexity index is 629. The van der Waals surface area contributed by atoms with E-state index in [1.807, 2.05) is 20.8 Å². The number of aromatic nitrogens is 2. The van der Waals surface area contributed by atoms with Crippen molar-refractivity contribution < 1.29 is 13.2 Å². The van der Waals surface area contributed by atoms with Gasteiger partial charge < -0.3 is 4.90 Å². The van der Waals surface area contributed by atoms with E-state index in [0.717, 1.165) is 15.8 Å². The van der Waals surface area contributed by atoms with E-state index in [1.165, 1.54) is 23.1 Å². The topological polar surface area (TPSA) is 80.2 Å². The second-order valence-electron chi connectivity index (χ2n) is 5.49. The molecule has 0 spiro atoms.